The highest BCUT2D eigenvalue weighted by molar-refractivity contribution is 5.94. The van der Waals surface area contributed by atoms with Gasteiger partial charge in [0.25, 0.3) is 5.91 Å². The molecule has 6 nitrogen and oxygen atoms in total. The largest absolute Gasteiger partial charge is 0.356 e. The van der Waals surface area contributed by atoms with E-state index in [2.05, 4.69) is 32.4 Å². The number of carbonyl (C=O) groups is 1. The van der Waals surface area contributed by atoms with Crippen molar-refractivity contribution in [2.75, 3.05) is 36.4 Å². The number of nitrogens with zero attached hydrogens (tertiary/aromatic N) is 3. The zero-order valence-corrected chi connectivity index (χ0v) is 16.3. The second-order valence-electron chi connectivity index (χ2n) is 6.97. The maximum atomic E-state index is 12.2. The van der Waals surface area contributed by atoms with Crippen molar-refractivity contribution in [3.63, 3.8) is 0 Å². The fourth-order valence-electron chi connectivity index (χ4n) is 3.26. The SMILES string of the molecule is CCc1ccc(C(=O)NCCNc2nc(C)cc(N3CCCCC3)n2)cc1. The second kappa shape index (κ2) is 9.35. The zero-order chi connectivity index (χ0) is 19.1. The molecule has 2 N–H and O–H groups in total. The molecular formula is C21H29N5O. The fraction of sp³-hybridized carbons (Fsp3) is 0.476. The first-order valence-corrected chi connectivity index (χ1v) is 9.87. The molecule has 1 aliphatic rings. The van der Waals surface area contributed by atoms with Gasteiger partial charge in [-0.05, 0) is 50.3 Å². The monoisotopic (exact) mass is 367 g/mol. The lowest BCUT2D eigenvalue weighted by atomic mass is 10.1. The molecular weight excluding hydrogens is 338 g/mol. The Hall–Kier alpha value is -2.63. The van der Waals surface area contributed by atoms with Crippen LogP contribution in [0.1, 0.15) is 47.8 Å². The van der Waals surface area contributed by atoms with Crippen LogP contribution in [0, 0.1) is 6.92 Å². The quantitative estimate of drug-likeness (QED) is 0.736. The van der Waals surface area contributed by atoms with Crippen molar-refractivity contribution in [1.29, 1.82) is 0 Å². The van der Waals surface area contributed by atoms with Crippen molar-refractivity contribution in [3.05, 3.63) is 47.2 Å². The first-order valence-electron chi connectivity index (χ1n) is 9.87. The van der Waals surface area contributed by atoms with Crippen molar-refractivity contribution >= 4 is 17.7 Å². The van der Waals surface area contributed by atoms with Crippen molar-refractivity contribution < 1.29 is 4.79 Å². The van der Waals surface area contributed by atoms with Gasteiger partial charge in [0.1, 0.15) is 5.82 Å². The van der Waals surface area contributed by atoms with Crippen LogP contribution in [0.15, 0.2) is 30.3 Å². The summed E-state index contributed by atoms with van der Waals surface area (Å²) < 4.78 is 0. The number of aromatic nitrogens is 2. The summed E-state index contributed by atoms with van der Waals surface area (Å²) in [4.78, 5) is 23.6. The van der Waals surface area contributed by atoms with Crippen LogP contribution in [0.3, 0.4) is 0 Å². The predicted molar refractivity (Wildman–Crippen MR) is 109 cm³/mol. The average Bonchev–Trinajstić information content (AvgIpc) is 2.71. The van der Waals surface area contributed by atoms with Gasteiger partial charge in [0.05, 0.1) is 0 Å². The van der Waals surface area contributed by atoms with Gasteiger partial charge < -0.3 is 15.5 Å². The van der Waals surface area contributed by atoms with Crippen molar-refractivity contribution in [1.82, 2.24) is 15.3 Å². The van der Waals surface area contributed by atoms with E-state index >= 15 is 0 Å². The third-order valence-electron chi connectivity index (χ3n) is 4.84. The van der Waals surface area contributed by atoms with Crippen molar-refractivity contribution in [3.8, 4) is 0 Å². The number of nitrogens with one attached hydrogen (secondary N) is 2. The number of rotatable bonds is 7. The van der Waals surface area contributed by atoms with E-state index < -0.39 is 0 Å². The third kappa shape index (κ3) is 5.42. The first-order chi connectivity index (χ1) is 13.2. The van der Waals surface area contributed by atoms with Gasteiger partial charge in [-0.15, -0.1) is 0 Å². The van der Waals surface area contributed by atoms with Crippen molar-refractivity contribution in [2.24, 2.45) is 0 Å². The molecule has 0 atom stereocenters. The van der Waals surface area contributed by atoms with Gasteiger partial charge in [0.2, 0.25) is 5.95 Å². The van der Waals surface area contributed by atoms with Crippen molar-refractivity contribution in [2.45, 2.75) is 39.5 Å². The minimum Gasteiger partial charge on any atom is -0.356 e. The van der Waals surface area contributed by atoms with Crippen LogP contribution in [0.5, 0.6) is 0 Å². The van der Waals surface area contributed by atoms with E-state index in [1.165, 1.54) is 24.8 Å². The van der Waals surface area contributed by atoms with Gasteiger partial charge in [-0.1, -0.05) is 19.1 Å². The van der Waals surface area contributed by atoms with Crippen LogP contribution in [0.25, 0.3) is 0 Å². The molecule has 2 aromatic rings. The summed E-state index contributed by atoms with van der Waals surface area (Å²) in [5.74, 6) is 1.56. The molecule has 0 bridgehead atoms. The van der Waals surface area contributed by atoms with E-state index in [1.54, 1.807) is 0 Å². The van der Waals surface area contributed by atoms with E-state index in [1.807, 2.05) is 37.3 Å². The summed E-state index contributed by atoms with van der Waals surface area (Å²) in [6.45, 7) is 7.31. The van der Waals surface area contributed by atoms with E-state index in [-0.39, 0.29) is 5.91 Å². The molecule has 3 rings (SSSR count). The maximum Gasteiger partial charge on any atom is 0.251 e. The summed E-state index contributed by atoms with van der Waals surface area (Å²) >= 11 is 0. The molecule has 1 aromatic carbocycles. The number of hydrogen-bond donors (Lipinski definition) is 2. The first kappa shape index (κ1) is 19.1. The molecule has 0 saturated carbocycles. The Balaban J connectivity index is 1.49. The molecule has 27 heavy (non-hydrogen) atoms. The summed E-state index contributed by atoms with van der Waals surface area (Å²) in [6.07, 6.45) is 4.71. The minimum atomic E-state index is -0.0568. The molecule has 0 aliphatic carbocycles. The van der Waals surface area contributed by atoms with Crippen LogP contribution in [-0.4, -0.2) is 42.1 Å². The summed E-state index contributed by atoms with van der Waals surface area (Å²) in [6, 6.07) is 9.77. The number of aryl methyl sites for hydroxylation is 2. The Morgan fingerprint density at radius 3 is 2.52 bits per heavy atom. The van der Waals surface area contributed by atoms with Crippen LogP contribution < -0.4 is 15.5 Å². The number of benzene rings is 1. The lowest BCUT2D eigenvalue weighted by Gasteiger charge is -2.28. The van der Waals surface area contributed by atoms with Crippen LogP contribution >= 0.6 is 0 Å². The Morgan fingerprint density at radius 1 is 1.07 bits per heavy atom. The van der Waals surface area contributed by atoms with Gasteiger partial charge in [0.15, 0.2) is 0 Å². The maximum absolute atomic E-state index is 12.2. The number of anilines is 2. The predicted octanol–water partition coefficient (Wildman–Crippen LogP) is 3.18. The minimum absolute atomic E-state index is 0.0568. The zero-order valence-electron chi connectivity index (χ0n) is 16.3. The Bertz CT molecular complexity index is 754. The normalized spacial score (nSPS) is 14.1. The Kier molecular flexibility index (Phi) is 6.63. The molecule has 1 amide bonds. The summed E-state index contributed by atoms with van der Waals surface area (Å²) in [7, 11) is 0. The average molecular weight is 367 g/mol. The van der Waals surface area contributed by atoms with Crippen LogP contribution in [-0.2, 0) is 6.42 Å². The van der Waals surface area contributed by atoms with Gasteiger partial charge in [-0.25, -0.2) is 4.98 Å². The highest BCUT2D eigenvalue weighted by atomic mass is 16.1. The number of hydrogen-bond acceptors (Lipinski definition) is 5. The highest BCUT2D eigenvalue weighted by Crippen LogP contribution is 2.19. The molecule has 1 fully saturated rings. The van der Waals surface area contributed by atoms with E-state index in [0.29, 0.717) is 24.6 Å². The molecule has 1 aromatic heterocycles. The molecule has 2 heterocycles. The lowest BCUT2D eigenvalue weighted by Crippen LogP contribution is -2.31. The summed E-state index contributed by atoms with van der Waals surface area (Å²) in [5.41, 5.74) is 2.87. The molecule has 0 radical (unpaired) electrons. The summed E-state index contributed by atoms with van der Waals surface area (Å²) in [5, 5.41) is 6.16. The molecule has 144 valence electrons. The molecule has 0 unspecified atom stereocenters. The Labute approximate surface area is 161 Å². The smallest absolute Gasteiger partial charge is 0.251 e. The van der Waals surface area contributed by atoms with Gasteiger partial charge in [-0.2, -0.15) is 4.98 Å². The molecule has 1 saturated heterocycles. The van der Waals surface area contributed by atoms with Gasteiger partial charge in [0, 0.05) is 43.5 Å². The number of amides is 1. The van der Waals surface area contributed by atoms with Gasteiger partial charge in [-0.3, -0.25) is 4.79 Å². The molecule has 0 spiro atoms. The van der Waals surface area contributed by atoms with E-state index in [4.69, 9.17) is 0 Å². The molecule has 1 aliphatic heterocycles. The number of carbonyl (C=O) groups excluding carboxylic acids is 1. The lowest BCUT2D eigenvalue weighted by molar-refractivity contribution is 0.0955. The van der Waals surface area contributed by atoms with E-state index in [0.717, 1.165) is 31.0 Å². The Morgan fingerprint density at radius 2 is 1.81 bits per heavy atom. The van der Waals surface area contributed by atoms with Gasteiger partial charge >= 0.3 is 0 Å². The standard InChI is InChI=1S/C21H29N5O/c1-3-17-7-9-18(10-8-17)20(27)22-11-12-23-21-24-16(2)15-19(25-21)26-13-5-4-6-14-26/h7-10,15H,3-6,11-14H2,1-2H3,(H,22,27)(H,23,24,25). The topological polar surface area (TPSA) is 70.2 Å². The fourth-order valence-corrected chi connectivity index (χ4v) is 3.26. The highest BCUT2D eigenvalue weighted by Gasteiger charge is 2.13. The van der Waals surface area contributed by atoms with Crippen LogP contribution in [0.2, 0.25) is 0 Å². The second-order valence-corrected chi connectivity index (χ2v) is 6.97. The molecule has 6 heteroatoms. The third-order valence-corrected chi connectivity index (χ3v) is 4.84. The van der Waals surface area contributed by atoms with E-state index in [9.17, 15) is 4.79 Å². The van der Waals surface area contributed by atoms with Crippen LogP contribution in [0.4, 0.5) is 11.8 Å². The number of piperidine rings is 1.